The number of carbonyl (C=O) groups is 1. The summed E-state index contributed by atoms with van der Waals surface area (Å²) in [6.07, 6.45) is 9.02. The van der Waals surface area contributed by atoms with Crippen LogP contribution >= 0.6 is 0 Å². The number of amides is 1. The van der Waals surface area contributed by atoms with E-state index in [-0.39, 0.29) is 17.4 Å². The van der Waals surface area contributed by atoms with Crippen LogP contribution in [0.3, 0.4) is 0 Å². The Labute approximate surface area is 145 Å². The molecule has 0 radical (unpaired) electrons. The first-order valence-electron chi connectivity index (χ1n) is 9.52. The monoisotopic (exact) mass is 332 g/mol. The SMILES string of the molecule is CC(C)(C)C1CCCCC1NC(=O)c1ccn(C2CCCNC2)n1. The number of carbonyl (C=O) groups excluding carboxylic acids is 1. The molecule has 2 fully saturated rings. The van der Waals surface area contributed by atoms with Gasteiger partial charge in [-0.3, -0.25) is 9.48 Å². The van der Waals surface area contributed by atoms with Crippen LogP contribution in [0.15, 0.2) is 12.3 Å². The van der Waals surface area contributed by atoms with Crippen LogP contribution < -0.4 is 10.6 Å². The smallest absolute Gasteiger partial charge is 0.272 e. The van der Waals surface area contributed by atoms with Crippen LogP contribution in [-0.4, -0.2) is 34.8 Å². The second-order valence-electron chi connectivity index (χ2n) is 8.52. The Morgan fingerprint density at radius 1 is 1.25 bits per heavy atom. The van der Waals surface area contributed by atoms with E-state index >= 15 is 0 Å². The summed E-state index contributed by atoms with van der Waals surface area (Å²) in [7, 11) is 0. The first-order valence-corrected chi connectivity index (χ1v) is 9.52. The molecule has 0 bridgehead atoms. The standard InChI is InChI=1S/C19H32N4O/c1-19(2,3)15-8-4-5-9-16(15)21-18(24)17-10-12-23(22-17)14-7-6-11-20-13-14/h10,12,14-16,20H,4-9,11,13H2,1-3H3,(H,21,24). The highest BCUT2D eigenvalue weighted by Crippen LogP contribution is 2.38. The van der Waals surface area contributed by atoms with Crippen molar-refractivity contribution in [2.24, 2.45) is 11.3 Å². The van der Waals surface area contributed by atoms with Gasteiger partial charge in [0.15, 0.2) is 0 Å². The molecule has 5 heteroatoms. The van der Waals surface area contributed by atoms with Crippen LogP contribution in [0.1, 0.15) is 75.8 Å². The Bertz CT molecular complexity index is 554. The van der Waals surface area contributed by atoms with Gasteiger partial charge in [0.05, 0.1) is 6.04 Å². The quantitative estimate of drug-likeness (QED) is 0.894. The highest BCUT2D eigenvalue weighted by molar-refractivity contribution is 5.92. The van der Waals surface area contributed by atoms with Crippen LogP contribution in [0.2, 0.25) is 0 Å². The second kappa shape index (κ2) is 7.26. The highest BCUT2D eigenvalue weighted by atomic mass is 16.2. The lowest BCUT2D eigenvalue weighted by Crippen LogP contribution is -2.46. The molecule has 24 heavy (non-hydrogen) atoms. The minimum Gasteiger partial charge on any atom is -0.348 e. The molecule has 134 valence electrons. The zero-order valence-corrected chi connectivity index (χ0v) is 15.3. The Morgan fingerprint density at radius 3 is 2.75 bits per heavy atom. The highest BCUT2D eigenvalue weighted by Gasteiger charge is 2.35. The van der Waals surface area contributed by atoms with Gasteiger partial charge in [0, 0.05) is 18.8 Å². The fraction of sp³-hybridized carbons (Fsp3) is 0.789. The maximum atomic E-state index is 12.7. The average molecular weight is 332 g/mol. The first kappa shape index (κ1) is 17.5. The van der Waals surface area contributed by atoms with Crippen LogP contribution in [-0.2, 0) is 0 Å². The van der Waals surface area contributed by atoms with Gasteiger partial charge in [-0.05, 0) is 49.6 Å². The van der Waals surface area contributed by atoms with Gasteiger partial charge in [-0.2, -0.15) is 5.10 Å². The van der Waals surface area contributed by atoms with Crippen LogP contribution in [0.4, 0.5) is 0 Å². The van der Waals surface area contributed by atoms with Crippen molar-refractivity contribution in [1.29, 1.82) is 0 Å². The molecule has 2 heterocycles. The number of hydrogen-bond donors (Lipinski definition) is 2. The van der Waals surface area contributed by atoms with Gasteiger partial charge in [0.2, 0.25) is 0 Å². The van der Waals surface area contributed by atoms with E-state index in [1.807, 2.05) is 16.9 Å². The van der Waals surface area contributed by atoms with E-state index in [1.165, 1.54) is 25.7 Å². The van der Waals surface area contributed by atoms with E-state index < -0.39 is 0 Å². The fourth-order valence-electron chi connectivity index (χ4n) is 4.30. The molecule has 0 spiro atoms. The summed E-state index contributed by atoms with van der Waals surface area (Å²) in [6.45, 7) is 8.88. The molecule has 1 aromatic heterocycles. The molecule has 1 saturated heterocycles. The van der Waals surface area contributed by atoms with E-state index in [2.05, 4.69) is 36.5 Å². The van der Waals surface area contributed by atoms with Crippen LogP contribution in [0.25, 0.3) is 0 Å². The van der Waals surface area contributed by atoms with Crippen molar-refractivity contribution in [3.63, 3.8) is 0 Å². The Kier molecular flexibility index (Phi) is 5.28. The van der Waals surface area contributed by atoms with E-state index in [1.54, 1.807) is 0 Å². The summed E-state index contributed by atoms with van der Waals surface area (Å²) in [6, 6.07) is 2.50. The molecular weight excluding hydrogens is 300 g/mol. The predicted octanol–water partition coefficient (Wildman–Crippen LogP) is 3.14. The summed E-state index contributed by atoms with van der Waals surface area (Å²) in [4.78, 5) is 12.7. The molecular formula is C19H32N4O. The topological polar surface area (TPSA) is 59.0 Å². The lowest BCUT2D eigenvalue weighted by Gasteiger charge is -2.40. The van der Waals surface area contributed by atoms with Crippen molar-refractivity contribution < 1.29 is 4.79 Å². The third-order valence-corrected chi connectivity index (χ3v) is 5.68. The molecule has 3 unspecified atom stereocenters. The zero-order valence-electron chi connectivity index (χ0n) is 15.3. The van der Waals surface area contributed by atoms with Crippen molar-refractivity contribution in [1.82, 2.24) is 20.4 Å². The van der Waals surface area contributed by atoms with Crippen molar-refractivity contribution in [3.05, 3.63) is 18.0 Å². The molecule has 1 saturated carbocycles. The molecule has 3 rings (SSSR count). The maximum Gasteiger partial charge on any atom is 0.272 e. The van der Waals surface area contributed by atoms with Crippen molar-refractivity contribution in [2.75, 3.05) is 13.1 Å². The molecule has 1 aliphatic heterocycles. The Morgan fingerprint density at radius 2 is 2.04 bits per heavy atom. The van der Waals surface area contributed by atoms with Crippen LogP contribution in [0, 0.1) is 11.3 Å². The number of rotatable bonds is 3. The van der Waals surface area contributed by atoms with E-state index in [9.17, 15) is 4.79 Å². The van der Waals surface area contributed by atoms with E-state index in [0.29, 0.717) is 17.7 Å². The number of piperidine rings is 1. The third-order valence-electron chi connectivity index (χ3n) is 5.68. The van der Waals surface area contributed by atoms with E-state index in [0.717, 1.165) is 25.9 Å². The minimum atomic E-state index is -0.0151. The summed E-state index contributed by atoms with van der Waals surface area (Å²) in [5, 5.41) is 11.2. The second-order valence-corrected chi connectivity index (χ2v) is 8.52. The molecule has 3 atom stereocenters. The van der Waals surface area contributed by atoms with Gasteiger partial charge in [0.25, 0.3) is 5.91 Å². The normalized spacial score (nSPS) is 28.5. The maximum absolute atomic E-state index is 12.7. The van der Waals surface area contributed by atoms with Gasteiger partial charge in [-0.25, -0.2) is 0 Å². The molecule has 5 nitrogen and oxygen atoms in total. The third kappa shape index (κ3) is 4.00. The minimum absolute atomic E-state index is 0.0151. The largest absolute Gasteiger partial charge is 0.348 e. The number of aromatic nitrogens is 2. The van der Waals surface area contributed by atoms with Gasteiger partial charge in [-0.1, -0.05) is 33.6 Å². The number of hydrogen-bond acceptors (Lipinski definition) is 3. The zero-order chi connectivity index (χ0) is 17.2. The lowest BCUT2D eigenvalue weighted by molar-refractivity contribution is 0.0824. The van der Waals surface area contributed by atoms with E-state index in [4.69, 9.17) is 0 Å². The van der Waals surface area contributed by atoms with Gasteiger partial charge in [0.1, 0.15) is 5.69 Å². The average Bonchev–Trinajstić information content (AvgIpc) is 3.05. The van der Waals surface area contributed by atoms with Crippen LogP contribution in [0.5, 0.6) is 0 Å². The number of nitrogens with zero attached hydrogens (tertiary/aromatic N) is 2. The summed E-state index contributed by atoms with van der Waals surface area (Å²) >= 11 is 0. The van der Waals surface area contributed by atoms with Gasteiger partial charge < -0.3 is 10.6 Å². The molecule has 0 aromatic carbocycles. The summed E-state index contributed by atoms with van der Waals surface area (Å²) < 4.78 is 1.96. The Hall–Kier alpha value is -1.36. The Balaban J connectivity index is 1.64. The summed E-state index contributed by atoms with van der Waals surface area (Å²) in [5.74, 6) is 0.526. The summed E-state index contributed by atoms with van der Waals surface area (Å²) in [5.41, 5.74) is 0.782. The fourth-order valence-corrected chi connectivity index (χ4v) is 4.30. The number of nitrogens with one attached hydrogen (secondary N) is 2. The molecule has 2 aliphatic rings. The lowest BCUT2D eigenvalue weighted by atomic mass is 9.69. The van der Waals surface area contributed by atoms with Gasteiger partial charge >= 0.3 is 0 Å². The van der Waals surface area contributed by atoms with Crippen molar-refractivity contribution >= 4 is 5.91 Å². The molecule has 1 aliphatic carbocycles. The first-order chi connectivity index (χ1) is 11.4. The van der Waals surface area contributed by atoms with Crippen molar-refractivity contribution in [2.45, 2.75) is 71.4 Å². The molecule has 1 amide bonds. The predicted molar refractivity (Wildman–Crippen MR) is 96.0 cm³/mol. The molecule has 2 N–H and O–H groups in total. The van der Waals surface area contributed by atoms with Crippen molar-refractivity contribution in [3.8, 4) is 0 Å². The molecule has 1 aromatic rings. The van der Waals surface area contributed by atoms with Gasteiger partial charge in [-0.15, -0.1) is 0 Å².